The number of nitrogen functional groups attached to an aromatic ring is 1. The van der Waals surface area contributed by atoms with Crippen molar-refractivity contribution >= 4 is 5.69 Å². The fourth-order valence-corrected chi connectivity index (χ4v) is 2.24. The van der Waals surface area contributed by atoms with Crippen LogP contribution in [0.1, 0.15) is 37.7 Å². The highest BCUT2D eigenvalue weighted by atomic mass is 16.3. The molecule has 0 bridgehead atoms. The average Bonchev–Trinajstić information content (AvgIpc) is 2.19. The van der Waals surface area contributed by atoms with Crippen molar-refractivity contribution < 1.29 is 5.11 Å². The molecule has 3 N–H and O–H groups in total. The first kappa shape index (κ1) is 9.46. The van der Waals surface area contributed by atoms with Crippen LogP contribution in [0.25, 0.3) is 0 Å². The predicted molar refractivity (Wildman–Crippen MR) is 55.6 cm³/mol. The fourth-order valence-electron chi connectivity index (χ4n) is 2.24. The third kappa shape index (κ3) is 1.60. The largest absolute Gasteiger partial charge is 0.397 e. The molecule has 0 unspecified atom stereocenters. The van der Waals surface area contributed by atoms with E-state index >= 15 is 0 Å². The van der Waals surface area contributed by atoms with Gasteiger partial charge in [0.25, 0.3) is 0 Å². The molecule has 1 aromatic heterocycles. The lowest BCUT2D eigenvalue weighted by atomic mass is 9.79. The first-order chi connectivity index (χ1) is 6.72. The van der Waals surface area contributed by atoms with Gasteiger partial charge in [-0.2, -0.15) is 0 Å². The Balaban J connectivity index is 2.32. The van der Waals surface area contributed by atoms with Crippen LogP contribution in [0.15, 0.2) is 18.5 Å². The summed E-state index contributed by atoms with van der Waals surface area (Å²) in [7, 11) is 0. The quantitative estimate of drug-likeness (QED) is 0.713. The van der Waals surface area contributed by atoms with Gasteiger partial charge in [0.05, 0.1) is 17.5 Å². The van der Waals surface area contributed by atoms with E-state index in [1.165, 1.54) is 6.42 Å². The first-order valence-corrected chi connectivity index (χ1v) is 5.15. The van der Waals surface area contributed by atoms with Crippen molar-refractivity contribution in [3.05, 3.63) is 24.0 Å². The third-order valence-electron chi connectivity index (χ3n) is 3.03. The van der Waals surface area contributed by atoms with Crippen molar-refractivity contribution in [2.75, 3.05) is 5.73 Å². The summed E-state index contributed by atoms with van der Waals surface area (Å²) in [4.78, 5) is 3.93. The van der Waals surface area contributed by atoms with Gasteiger partial charge >= 0.3 is 0 Å². The van der Waals surface area contributed by atoms with Gasteiger partial charge in [0.2, 0.25) is 0 Å². The first-order valence-electron chi connectivity index (χ1n) is 5.15. The molecule has 3 nitrogen and oxygen atoms in total. The van der Waals surface area contributed by atoms with Gasteiger partial charge < -0.3 is 10.8 Å². The van der Waals surface area contributed by atoms with Crippen LogP contribution >= 0.6 is 0 Å². The number of aliphatic hydroxyl groups is 1. The van der Waals surface area contributed by atoms with E-state index in [9.17, 15) is 5.11 Å². The number of aromatic nitrogens is 1. The van der Waals surface area contributed by atoms with Crippen molar-refractivity contribution in [2.24, 2.45) is 0 Å². The van der Waals surface area contributed by atoms with Crippen LogP contribution < -0.4 is 5.73 Å². The molecule has 1 aromatic rings. The van der Waals surface area contributed by atoms with Crippen molar-refractivity contribution in [3.63, 3.8) is 0 Å². The van der Waals surface area contributed by atoms with Gasteiger partial charge in [-0.1, -0.05) is 19.3 Å². The van der Waals surface area contributed by atoms with E-state index in [0.717, 1.165) is 31.2 Å². The molecule has 1 heterocycles. The van der Waals surface area contributed by atoms with Crippen molar-refractivity contribution in [3.8, 4) is 0 Å². The summed E-state index contributed by atoms with van der Waals surface area (Å²) in [6.45, 7) is 0. The maximum absolute atomic E-state index is 10.4. The van der Waals surface area contributed by atoms with Gasteiger partial charge in [-0.3, -0.25) is 4.98 Å². The molecule has 1 fully saturated rings. The minimum atomic E-state index is -0.703. The number of nitrogens with zero attached hydrogens (tertiary/aromatic N) is 1. The molecule has 1 aliphatic rings. The van der Waals surface area contributed by atoms with E-state index < -0.39 is 5.60 Å². The van der Waals surface area contributed by atoms with Crippen LogP contribution in [0.3, 0.4) is 0 Å². The standard InChI is InChI=1S/C11H16N2O/c12-10-8-13-7-4-9(10)11(14)5-2-1-3-6-11/h4,7-8,14H,1-3,5-6,12H2. The lowest BCUT2D eigenvalue weighted by Gasteiger charge is -2.33. The molecule has 0 atom stereocenters. The van der Waals surface area contributed by atoms with E-state index in [1.807, 2.05) is 6.07 Å². The number of hydrogen-bond donors (Lipinski definition) is 2. The highest BCUT2D eigenvalue weighted by molar-refractivity contribution is 5.47. The van der Waals surface area contributed by atoms with Crippen LogP contribution in [-0.4, -0.2) is 10.1 Å². The second-order valence-corrected chi connectivity index (χ2v) is 4.06. The molecule has 0 saturated heterocycles. The molecule has 3 heteroatoms. The molecule has 0 amide bonds. The van der Waals surface area contributed by atoms with Gasteiger partial charge in [0.1, 0.15) is 0 Å². The zero-order valence-corrected chi connectivity index (χ0v) is 8.24. The van der Waals surface area contributed by atoms with E-state index in [-0.39, 0.29) is 0 Å². The fraction of sp³-hybridized carbons (Fsp3) is 0.545. The Morgan fingerprint density at radius 2 is 2.00 bits per heavy atom. The predicted octanol–water partition coefficient (Wildman–Crippen LogP) is 1.82. The zero-order chi connectivity index (χ0) is 10.0. The minimum absolute atomic E-state index is 0.608. The van der Waals surface area contributed by atoms with E-state index in [1.54, 1.807) is 12.4 Å². The van der Waals surface area contributed by atoms with Crippen molar-refractivity contribution in [1.82, 2.24) is 4.98 Å². The summed E-state index contributed by atoms with van der Waals surface area (Å²) in [5.41, 5.74) is 6.57. The highest BCUT2D eigenvalue weighted by Crippen LogP contribution is 2.38. The molecule has 1 aliphatic carbocycles. The van der Waals surface area contributed by atoms with E-state index in [4.69, 9.17) is 5.73 Å². The zero-order valence-electron chi connectivity index (χ0n) is 8.24. The van der Waals surface area contributed by atoms with Gasteiger partial charge in [-0.15, -0.1) is 0 Å². The summed E-state index contributed by atoms with van der Waals surface area (Å²) in [6, 6.07) is 1.83. The van der Waals surface area contributed by atoms with Crippen LogP contribution in [0.2, 0.25) is 0 Å². The molecule has 2 rings (SSSR count). The molecule has 1 saturated carbocycles. The summed E-state index contributed by atoms with van der Waals surface area (Å²) >= 11 is 0. The smallest absolute Gasteiger partial charge is 0.0917 e. The Morgan fingerprint density at radius 1 is 1.29 bits per heavy atom. The highest BCUT2D eigenvalue weighted by Gasteiger charge is 2.32. The Labute approximate surface area is 84.0 Å². The van der Waals surface area contributed by atoms with Crippen LogP contribution in [0.5, 0.6) is 0 Å². The lowest BCUT2D eigenvalue weighted by molar-refractivity contribution is 0.0000175. The molecule has 0 spiro atoms. The number of anilines is 1. The summed E-state index contributed by atoms with van der Waals surface area (Å²) in [5.74, 6) is 0. The van der Waals surface area contributed by atoms with Crippen LogP contribution in [0.4, 0.5) is 5.69 Å². The molecule has 76 valence electrons. The average molecular weight is 192 g/mol. The molecule has 14 heavy (non-hydrogen) atoms. The number of hydrogen-bond acceptors (Lipinski definition) is 3. The Bertz CT molecular complexity index is 319. The Kier molecular flexibility index (Phi) is 2.42. The molecule has 0 aromatic carbocycles. The van der Waals surface area contributed by atoms with Gasteiger partial charge in [0, 0.05) is 11.8 Å². The maximum atomic E-state index is 10.4. The Morgan fingerprint density at radius 3 is 2.64 bits per heavy atom. The van der Waals surface area contributed by atoms with Gasteiger partial charge in [-0.25, -0.2) is 0 Å². The van der Waals surface area contributed by atoms with Crippen molar-refractivity contribution in [2.45, 2.75) is 37.7 Å². The van der Waals surface area contributed by atoms with E-state index in [0.29, 0.717) is 5.69 Å². The van der Waals surface area contributed by atoms with Gasteiger partial charge in [-0.05, 0) is 18.9 Å². The SMILES string of the molecule is Nc1cnccc1C1(O)CCCCC1. The number of nitrogens with two attached hydrogens (primary N) is 1. The number of rotatable bonds is 1. The molecule has 0 aliphatic heterocycles. The summed E-state index contributed by atoms with van der Waals surface area (Å²) in [6.07, 6.45) is 8.33. The normalized spacial score (nSPS) is 20.6. The lowest BCUT2D eigenvalue weighted by Crippen LogP contribution is -2.29. The second-order valence-electron chi connectivity index (χ2n) is 4.06. The Hall–Kier alpha value is -1.09. The third-order valence-corrected chi connectivity index (χ3v) is 3.03. The summed E-state index contributed by atoms with van der Waals surface area (Å²) < 4.78 is 0. The van der Waals surface area contributed by atoms with E-state index in [2.05, 4.69) is 4.98 Å². The second kappa shape index (κ2) is 3.58. The molecule has 0 radical (unpaired) electrons. The van der Waals surface area contributed by atoms with Gasteiger partial charge in [0.15, 0.2) is 0 Å². The molecular formula is C11H16N2O. The maximum Gasteiger partial charge on any atom is 0.0917 e. The number of pyridine rings is 1. The monoisotopic (exact) mass is 192 g/mol. The minimum Gasteiger partial charge on any atom is -0.397 e. The van der Waals surface area contributed by atoms with Crippen LogP contribution in [-0.2, 0) is 5.60 Å². The topological polar surface area (TPSA) is 59.1 Å². The van der Waals surface area contributed by atoms with Crippen molar-refractivity contribution in [1.29, 1.82) is 0 Å². The summed E-state index contributed by atoms with van der Waals surface area (Å²) in [5, 5.41) is 10.4. The van der Waals surface area contributed by atoms with Crippen LogP contribution in [0, 0.1) is 0 Å². The molecular weight excluding hydrogens is 176 g/mol.